The average Bonchev–Trinajstić information content (AvgIpc) is 3.10. The zero-order valence-electron chi connectivity index (χ0n) is 9.26. The number of hydrogen-bond donors (Lipinski definition) is 0. The third-order valence-corrected chi connectivity index (χ3v) is 3.70. The van der Waals surface area contributed by atoms with E-state index in [1.54, 1.807) is 0 Å². The topological polar surface area (TPSA) is 26.3 Å². The molecule has 1 aliphatic carbocycles. The molecule has 2 aliphatic rings. The molecule has 0 spiro atoms. The lowest BCUT2D eigenvalue weighted by Crippen LogP contribution is -2.25. The van der Waals surface area contributed by atoms with Gasteiger partial charge in [-0.2, -0.15) is 0 Å². The van der Waals surface area contributed by atoms with Crippen molar-refractivity contribution in [2.75, 3.05) is 0 Å². The lowest BCUT2D eigenvalue weighted by Gasteiger charge is -2.22. The van der Waals surface area contributed by atoms with E-state index >= 15 is 0 Å². The second-order valence-electron chi connectivity index (χ2n) is 4.84. The summed E-state index contributed by atoms with van der Waals surface area (Å²) >= 11 is 0. The van der Waals surface area contributed by atoms with Crippen molar-refractivity contribution in [1.82, 2.24) is 0 Å². The van der Waals surface area contributed by atoms with Gasteiger partial charge in [0.05, 0.1) is 0 Å². The van der Waals surface area contributed by atoms with Gasteiger partial charge < -0.3 is 4.74 Å². The molecular formula is C14H16O2. The van der Waals surface area contributed by atoms with E-state index in [1.807, 2.05) is 6.07 Å². The minimum Gasteiger partial charge on any atom is -0.462 e. The Morgan fingerprint density at radius 3 is 2.75 bits per heavy atom. The average molecular weight is 216 g/mol. The van der Waals surface area contributed by atoms with Crippen LogP contribution in [0.1, 0.15) is 37.2 Å². The summed E-state index contributed by atoms with van der Waals surface area (Å²) in [5.41, 5.74) is 1.40. The van der Waals surface area contributed by atoms with Gasteiger partial charge in [-0.3, -0.25) is 4.79 Å². The Balaban J connectivity index is 1.65. The number of carbonyl (C=O) groups excluding carboxylic acids is 1. The molecule has 1 heterocycles. The van der Waals surface area contributed by atoms with E-state index in [0.29, 0.717) is 18.3 Å². The number of rotatable bonds is 2. The van der Waals surface area contributed by atoms with Crippen LogP contribution in [0.25, 0.3) is 0 Å². The summed E-state index contributed by atoms with van der Waals surface area (Å²) in [5.74, 6) is 1.19. The molecule has 1 saturated heterocycles. The maximum atomic E-state index is 11.2. The van der Waals surface area contributed by atoms with Crippen molar-refractivity contribution in [2.24, 2.45) is 5.92 Å². The Morgan fingerprint density at radius 2 is 2.00 bits per heavy atom. The van der Waals surface area contributed by atoms with Crippen LogP contribution in [0.5, 0.6) is 0 Å². The van der Waals surface area contributed by atoms with Gasteiger partial charge in [0.2, 0.25) is 0 Å². The summed E-state index contributed by atoms with van der Waals surface area (Å²) < 4.78 is 5.42. The maximum Gasteiger partial charge on any atom is 0.306 e. The highest BCUT2D eigenvalue weighted by molar-refractivity contribution is 5.70. The Hall–Kier alpha value is -1.31. The summed E-state index contributed by atoms with van der Waals surface area (Å²) in [5, 5.41) is 0. The fourth-order valence-corrected chi connectivity index (χ4v) is 2.74. The molecule has 2 nitrogen and oxygen atoms in total. The summed E-state index contributed by atoms with van der Waals surface area (Å²) in [6.07, 6.45) is 4.04. The van der Waals surface area contributed by atoms with E-state index in [0.717, 1.165) is 12.8 Å². The van der Waals surface area contributed by atoms with Crippen molar-refractivity contribution in [3.05, 3.63) is 35.9 Å². The molecule has 84 valence electrons. The first-order chi connectivity index (χ1) is 7.84. The smallest absolute Gasteiger partial charge is 0.306 e. The third kappa shape index (κ3) is 1.84. The normalized spacial score (nSPS) is 33.2. The van der Waals surface area contributed by atoms with Crippen LogP contribution in [0.4, 0.5) is 0 Å². The van der Waals surface area contributed by atoms with E-state index < -0.39 is 0 Å². The molecule has 2 heteroatoms. The number of benzene rings is 1. The highest BCUT2D eigenvalue weighted by atomic mass is 16.5. The molecule has 0 amide bonds. The van der Waals surface area contributed by atoms with E-state index in [2.05, 4.69) is 24.3 Å². The lowest BCUT2D eigenvalue weighted by atomic mass is 10.0. The molecule has 3 rings (SSSR count). The zero-order chi connectivity index (χ0) is 11.0. The second kappa shape index (κ2) is 3.93. The first-order valence-corrected chi connectivity index (χ1v) is 6.09. The van der Waals surface area contributed by atoms with Gasteiger partial charge in [-0.15, -0.1) is 0 Å². The standard InChI is InChI=1S/C14H16O2/c15-14-8-4-7-13(16-14)12-9-11(12)10-5-2-1-3-6-10/h1-3,5-6,11-13H,4,7-9H2/t11-,12+,13+/m0/s1. The van der Waals surface area contributed by atoms with E-state index in [-0.39, 0.29) is 12.1 Å². The highest BCUT2D eigenvalue weighted by Gasteiger charge is 2.46. The number of carbonyl (C=O) groups is 1. The molecular weight excluding hydrogens is 200 g/mol. The molecule has 16 heavy (non-hydrogen) atoms. The van der Waals surface area contributed by atoms with Gasteiger partial charge in [-0.1, -0.05) is 30.3 Å². The molecule has 0 radical (unpaired) electrons. The van der Waals surface area contributed by atoms with Crippen LogP contribution in [-0.4, -0.2) is 12.1 Å². The van der Waals surface area contributed by atoms with Crippen LogP contribution in [-0.2, 0) is 9.53 Å². The van der Waals surface area contributed by atoms with Gasteiger partial charge in [-0.05, 0) is 30.7 Å². The van der Waals surface area contributed by atoms with Crippen molar-refractivity contribution < 1.29 is 9.53 Å². The van der Waals surface area contributed by atoms with Crippen LogP contribution in [0.2, 0.25) is 0 Å². The number of cyclic esters (lactones) is 1. The fraction of sp³-hybridized carbons (Fsp3) is 0.500. The van der Waals surface area contributed by atoms with Gasteiger partial charge in [-0.25, -0.2) is 0 Å². The predicted molar refractivity (Wildman–Crippen MR) is 61.0 cm³/mol. The summed E-state index contributed by atoms with van der Waals surface area (Å²) in [6, 6.07) is 10.6. The summed E-state index contributed by atoms with van der Waals surface area (Å²) in [6.45, 7) is 0. The second-order valence-corrected chi connectivity index (χ2v) is 4.84. The molecule has 1 aromatic carbocycles. The zero-order valence-corrected chi connectivity index (χ0v) is 9.26. The fourth-order valence-electron chi connectivity index (χ4n) is 2.74. The minimum absolute atomic E-state index is 0.00467. The largest absolute Gasteiger partial charge is 0.462 e. The van der Waals surface area contributed by atoms with Crippen LogP contribution in [0.15, 0.2) is 30.3 Å². The Kier molecular flexibility index (Phi) is 2.43. The molecule has 1 aromatic rings. The van der Waals surface area contributed by atoms with E-state index in [9.17, 15) is 4.79 Å². The molecule has 0 aromatic heterocycles. The van der Waals surface area contributed by atoms with Crippen LogP contribution in [0.3, 0.4) is 0 Å². The molecule has 1 aliphatic heterocycles. The van der Waals surface area contributed by atoms with Gasteiger partial charge in [0.1, 0.15) is 6.10 Å². The van der Waals surface area contributed by atoms with Gasteiger partial charge in [0.25, 0.3) is 0 Å². The molecule has 2 fully saturated rings. The van der Waals surface area contributed by atoms with Gasteiger partial charge in [0.15, 0.2) is 0 Å². The number of hydrogen-bond acceptors (Lipinski definition) is 2. The molecule has 0 N–H and O–H groups in total. The van der Waals surface area contributed by atoms with Crippen molar-refractivity contribution in [3.63, 3.8) is 0 Å². The summed E-state index contributed by atoms with van der Waals surface area (Å²) in [7, 11) is 0. The van der Waals surface area contributed by atoms with Crippen molar-refractivity contribution in [3.8, 4) is 0 Å². The van der Waals surface area contributed by atoms with Crippen LogP contribution < -0.4 is 0 Å². The third-order valence-electron chi connectivity index (χ3n) is 3.70. The van der Waals surface area contributed by atoms with Crippen LogP contribution in [0, 0.1) is 5.92 Å². The minimum atomic E-state index is -0.00467. The maximum absolute atomic E-state index is 11.2. The quantitative estimate of drug-likeness (QED) is 0.710. The SMILES string of the molecule is O=C1CCC[C@H]([C@@H]2C[C@H]2c2ccccc2)O1. The number of esters is 1. The Bertz CT molecular complexity index is 385. The summed E-state index contributed by atoms with van der Waals surface area (Å²) in [4.78, 5) is 11.2. The van der Waals surface area contributed by atoms with Crippen molar-refractivity contribution in [2.45, 2.75) is 37.7 Å². The van der Waals surface area contributed by atoms with Crippen LogP contribution >= 0.6 is 0 Å². The predicted octanol–water partition coefficient (Wildman–Crippen LogP) is 2.89. The first kappa shape index (κ1) is 9.88. The van der Waals surface area contributed by atoms with E-state index in [4.69, 9.17) is 4.74 Å². The molecule has 3 atom stereocenters. The molecule has 1 saturated carbocycles. The highest BCUT2D eigenvalue weighted by Crippen LogP contribution is 2.51. The number of ether oxygens (including phenoxy) is 1. The van der Waals surface area contributed by atoms with Gasteiger partial charge >= 0.3 is 5.97 Å². The monoisotopic (exact) mass is 216 g/mol. The Labute approximate surface area is 95.6 Å². The van der Waals surface area contributed by atoms with Crippen molar-refractivity contribution >= 4 is 5.97 Å². The lowest BCUT2D eigenvalue weighted by molar-refractivity contribution is -0.155. The van der Waals surface area contributed by atoms with Crippen molar-refractivity contribution in [1.29, 1.82) is 0 Å². The molecule has 0 bridgehead atoms. The van der Waals surface area contributed by atoms with E-state index in [1.165, 1.54) is 12.0 Å². The van der Waals surface area contributed by atoms with Gasteiger partial charge in [0, 0.05) is 12.3 Å². The first-order valence-electron chi connectivity index (χ1n) is 6.09. The molecule has 0 unspecified atom stereocenters. The Morgan fingerprint density at radius 1 is 1.19 bits per heavy atom.